The van der Waals surface area contributed by atoms with E-state index in [0.29, 0.717) is 0 Å². The third-order valence-corrected chi connectivity index (χ3v) is 4.71. The van der Waals surface area contributed by atoms with Gasteiger partial charge in [0.05, 0.1) is 11.7 Å². The lowest BCUT2D eigenvalue weighted by molar-refractivity contribution is -0.140. The van der Waals surface area contributed by atoms with Crippen molar-refractivity contribution >= 4 is 18.0 Å². The maximum Gasteiger partial charge on any atom is 0.408 e. The van der Waals surface area contributed by atoms with Gasteiger partial charge in [-0.2, -0.15) is 0 Å². The predicted molar refractivity (Wildman–Crippen MR) is 121 cm³/mol. The molecule has 0 fully saturated rings. The first-order valence-corrected chi connectivity index (χ1v) is 10.5. The number of esters is 1. The number of carbonyl (C=O) groups is 3. The average Bonchev–Trinajstić information content (AvgIpc) is 2.75. The van der Waals surface area contributed by atoms with Crippen molar-refractivity contribution in [1.82, 2.24) is 5.32 Å². The average molecular weight is 475 g/mol. The maximum absolute atomic E-state index is 12.3. The lowest BCUT2D eigenvalue weighted by Gasteiger charge is -2.28. The fourth-order valence-corrected chi connectivity index (χ4v) is 3.20. The van der Waals surface area contributed by atoms with Crippen molar-refractivity contribution in [2.24, 2.45) is 0 Å². The van der Waals surface area contributed by atoms with E-state index in [0.717, 1.165) is 12.1 Å². The van der Waals surface area contributed by atoms with Gasteiger partial charge in [-0.1, -0.05) is 24.3 Å². The van der Waals surface area contributed by atoms with Crippen molar-refractivity contribution in [1.29, 1.82) is 0 Å². The molecule has 0 aliphatic carbocycles. The van der Waals surface area contributed by atoms with E-state index in [2.05, 4.69) is 5.32 Å². The molecule has 0 saturated carbocycles. The minimum absolute atomic E-state index is 0.215. The van der Waals surface area contributed by atoms with Gasteiger partial charge in [-0.15, -0.1) is 0 Å². The van der Waals surface area contributed by atoms with E-state index in [4.69, 9.17) is 9.47 Å². The van der Waals surface area contributed by atoms with Crippen LogP contribution in [0.3, 0.4) is 0 Å². The highest BCUT2D eigenvalue weighted by molar-refractivity contribution is 5.89. The fraction of sp³-hybridized carbons (Fsp3) is 0.375. The first kappa shape index (κ1) is 26.5. The fourth-order valence-electron chi connectivity index (χ4n) is 3.20. The summed E-state index contributed by atoms with van der Waals surface area (Å²) in [5.74, 6) is -4.10. The lowest BCUT2D eigenvalue weighted by atomic mass is 9.86. The quantitative estimate of drug-likeness (QED) is 0.271. The van der Waals surface area contributed by atoms with Gasteiger partial charge in [-0.05, 0) is 57.0 Å². The summed E-state index contributed by atoms with van der Waals surface area (Å²) in [4.78, 5) is 36.5. The van der Waals surface area contributed by atoms with Gasteiger partial charge in [-0.25, -0.2) is 14.4 Å². The first-order chi connectivity index (χ1) is 15.9. The van der Waals surface area contributed by atoms with Crippen molar-refractivity contribution < 1.29 is 44.3 Å². The van der Waals surface area contributed by atoms with E-state index < -0.39 is 59.8 Å². The topological polar surface area (TPSA) is 163 Å². The summed E-state index contributed by atoms with van der Waals surface area (Å²) < 4.78 is 10.3. The molecule has 0 spiro atoms. The zero-order valence-electron chi connectivity index (χ0n) is 19.1. The van der Waals surface area contributed by atoms with E-state index >= 15 is 0 Å². The number of nitrogens with one attached hydrogen (secondary N) is 1. The summed E-state index contributed by atoms with van der Waals surface area (Å²) >= 11 is 0. The number of hydrogen-bond acceptors (Lipinski definition) is 8. The SMILES string of the molecule is CC(C)(C)OC(=O)N[C@H](C(=O)O)C(CC(O)COC(=O)c1ccccc1)c1ccc(O)c(O)c1. The number of alkyl carbamates (subject to hydrolysis) is 1. The Morgan fingerprint density at radius 1 is 1.00 bits per heavy atom. The van der Waals surface area contributed by atoms with Crippen LogP contribution in [-0.4, -0.2) is 62.8 Å². The predicted octanol–water partition coefficient (Wildman–Crippen LogP) is 2.77. The molecule has 0 radical (unpaired) electrons. The van der Waals surface area contributed by atoms with Crippen LogP contribution < -0.4 is 5.32 Å². The second-order valence-corrected chi connectivity index (χ2v) is 8.67. The van der Waals surface area contributed by atoms with Gasteiger partial charge in [0.1, 0.15) is 18.2 Å². The summed E-state index contributed by atoms with van der Waals surface area (Å²) in [6, 6.07) is 10.2. The van der Waals surface area contributed by atoms with Crippen molar-refractivity contribution in [2.45, 2.75) is 50.9 Å². The Kier molecular flexibility index (Phi) is 8.85. The molecule has 184 valence electrons. The molecule has 0 aliphatic rings. The molecule has 2 rings (SSSR count). The molecule has 0 saturated heterocycles. The van der Waals surface area contributed by atoms with Gasteiger partial charge in [0, 0.05) is 5.92 Å². The van der Waals surface area contributed by atoms with Gasteiger partial charge in [-0.3, -0.25) is 0 Å². The zero-order chi connectivity index (χ0) is 25.5. The minimum atomic E-state index is -1.57. The number of hydrogen-bond donors (Lipinski definition) is 5. The number of amides is 1. The zero-order valence-corrected chi connectivity index (χ0v) is 19.1. The highest BCUT2D eigenvalue weighted by atomic mass is 16.6. The Hall–Kier alpha value is -3.79. The van der Waals surface area contributed by atoms with Gasteiger partial charge >= 0.3 is 18.0 Å². The van der Waals surface area contributed by atoms with Crippen LogP contribution in [0.15, 0.2) is 48.5 Å². The highest BCUT2D eigenvalue weighted by Gasteiger charge is 2.34. The Labute approximate surface area is 196 Å². The summed E-state index contributed by atoms with van der Waals surface area (Å²) in [6.45, 7) is 4.40. The van der Waals surface area contributed by atoms with Crippen LogP contribution in [0.4, 0.5) is 4.79 Å². The van der Waals surface area contributed by atoms with Crippen LogP contribution in [-0.2, 0) is 14.3 Å². The van der Waals surface area contributed by atoms with Crippen molar-refractivity contribution in [3.8, 4) is 11.5 Å². The van der Waals surface area contributed by atoms with E-state index in [1.165, 1.54) is 6.07 Å². The molecule has 2 aromatic rings. The van der Waals surface area contributed by atoms with E-state index in [1.54, 1.807) is 51.1 Å². The lowest BCUT2D eigenvalue weighted by Crippen LogP contribution is -2.47. The number of aromatic hydroxyl groups is 2. The number of carboxylic acids is 1. The molecule has 34 heavy (non-hydrogen) atoms. The number of aliphatic hydroxyl groups is 1. The molecular formula is C24H29NO9. The molecule has 2 aromatic carbocycles. The summed E-state index contributed by atoms with van der Waals surface area (Å²) in [5.41, 5.74) is -0.387. The molecule has 2 unspecified atom stereocenters. The number of phenolic OH excluding ortho intramolecular Hbond substituents is 2. The third-order valence-electron chi connectivity index (χ3n) is 4.71. The number of carboxylic acid groups (broad SMARTS) is 1. The van der Waals surface area contributed by atoms with Crippen LogP contribution in [0.1, 0.15) is 49.0 Å². The Bertz CT molecular complexity index is 1000. The van der Waals surface area contributed by atoms with Crippen molar-refractivity contribution in [2.75, 3.05) is 6.61 Å². The molecule has 0 aromatic heterocycles. The van der Waals surface area contributed by atoms with Crippen LogP contribution in [0, 0.1) is 0 Å². The molecule has 5 N–H and O–H groups in total. The molecule has 10 nitrogen and oxygen atoms in total. The second-order valence-electron chi connectivity index (χ2n) is 8.67. The summed E-state index contributed by atoms with van der Waals surface area (Å²) in [6.07, 6.45) is -2.56. The van der Waals surface area contributed by atoms with Gasteiger partial charge in [0.15, 0.2) is 11.5 Å². The van der Waals surface area contributed by atoms with Gasteiger partial charge < -0.3 is 35.2 Å². The number of rotatable bonds is 9. The molecule has 1 amide bonds. The number of aliphatic hydroxyl groups excluding tert-OH is 1. The molecule has 0 bridgehead atoms. The van der Waals surface area contributed by atoms with Crippen LogP contribution >= 0.6 is 0 Å². The summed E-state index contributed by atoms with van der Waals surface area (Å²) in [7, 11) is 0. The van der Waals surface area contributed by atoms with Gasteiger partial charge in [0.2, 0.25) is 0 Å². The number of benzene rings is 2. The standard InChI is InChI=1S/C24H29NO9/c1-24(2,3)34-23(32)25-20(21(29)30)17(15-9-10-18(27)19(28)11-15)12-16(26)13-33-22(31)14-7-5-4-6-8-14/h4-11,16-17,20,26-28H,12-13H2,1-3H3,(H,25,32)(H,29,30)/t16?,17?,20-/m0/s1. The largest absolute Gasteiger partial charge is 0.504 e. The molecular weight excluding hydrogens is 446 g/mol. The smallest absolute Gasteiger partial charge is 0.408 e. The molecule has 3 atom stereocenters. The second kappa shape index (κ2) is 11.4. The minimum Gasteiger partial charge on any atom is -0.504 e. The number of carbonyl (C=O) groups excluding carboxylic acids is 2. The Morgan fingerprint density at radius 2 is 1.65 bits per heavy atom. The highest BCUT2D eigenvalue weighted by Crippen LogP contribution is 2.33. The Balaban J connectivity index is 2.23. The van der Waals surface area contributed by atoms with Gasteiger partial charge in [0.25, 0.3) is 0 Å². The normalized spacial score (nSPS) is 13.9. The number of ether oxygens (including phenoxy) is 2. The van der Waals surface area contributed by atoms with Crippen LogP contribution in [0.25, 0.3) is 0 Å². The van der Waals surface area contributed by atoms with E-state index in [-0.39, 0.29) is 17.5 Å². The summed E-state index contributed by atoms with van der Waals surface area (Å²) in [5, 5.41) is 42.1. The maximum atomic E-state index is 12.3. The molecule has 10 heteroatoms. The molecule has 0 heterocycles. The van der Waals surface area contributed by atoms with Crippen LogP contribution in [0.2, 0.25) is 0 Å². The van der Waals surface area contributed by atoms with Crippen molar-refractivity contribution in [3.05, 3.63) is 59.7 Å². The van der Waals surface area contributed by atoms with E-state index in [1.807, 2.05) is 0 Å². The molecule has 0 aliphatic heterocycles. The van der Waals surface area contributed by atoms with E-state index in [9.17, 15) is 34.8 Å². The van der Waals surface area contributed by atoms with Crippen molar-refractivity contribution in [3.63, 3.8) is 0 Å². The monoisotopic (exact) mass is 475 g/mol. The Morgan fingerprint density at radius 3 is 2.21 bits per heavy atom. The third kappa shape index (κ3) is 7.96. The number of phenols is 2. The number of aliphatic carboxylic acids is 1. The first-order valence-electron chi connectivity index (χ1n) is 10.5. The van der Waals surface area contributed by atoms with Crippen LogP contribution in [0.5, 0.6) is 11.5 Å².